The van der Waals surface area contributed by atoms with Gasteiger partial charge in [-0.1, -0.05) is 91.0 Å². The number of rotatable bonds is 43. The molecular formula is C75H101N3O18. The van der Waals surface area contributed by atoms with Gasteiger partial charge in [-0.2, -0.15) is 0 Å². The van der Waals surface area contributed by atoms with Crippen molar-refractivity contribution in [2.24, 2.45) is 0 Å². The number of aliphatic hydroxyl groups excluding tert-OH is 1. The molecule has 6 aromatic rings. The molecule has 4 atom stereocenters. The van der Waals surface area contributed by atoms with Crippen LogP contribution in [0.15, 0.2) is 146 Å². The molecule has 0 fully saturated rings. The Morgan fingerprint density at radius 3 is 0.969 bits per heavy atom. The van der Waals surface area contributed by atoms with Crippen molar-refractivity contribution in [2.75, 3.05) is 103 Å². The van der Waals surface area contributed by atoms with Crippen LogP contribution in [0.3, 0.4) is 0 Å². The second kappa shape index (κ2) is 45.6. The number of carbonyl (C=O) groups is 5. The third-order valence-electron chi connectivity index (χ3n) is 14.8. The molecule has 524 valence electrons. The number of carboxylic acids is 3. The Morgan fingerprint density at radius 2 is 0.667 bits per heavy atom. The van der Waals surface area contributed by atoms with Crippen LogP contribution < -0.4 is 28.4 Å². The van der Waals surface area contributed by atoms with Crippen molar-refractivity contribution in [3.63, 3.8) is 0 Å². The predicted molar refractivity (Wildman–Crippen MR) is 368 cm³/mol. The first-order valence-electron chi connectivity index (χ1n) is 32.4. The van der Waals surface area contributed by atoms with E-state index in [-0.39, 0.29) is 77.3 Å². The lowest BCUT2D eigenvalue weighted by Gasteiger charge is -2.25. The van der Waals surface area contributed by atoms with Crippen molar-refractivity contribution in [1.29, 1.82) is 0 Å². The Bertz CT molecular complexity index is 3040. The number of carbonyl (C=O) groups excluding carboxylic acids is 2. The van der Waals surface area contributed by atoms with E-state index in [0.29, 0.717) is 26.1 Å². The third kappa shape index (κ3) is 34.6. The summed E-state index contributed by atoms with van der Waals surface area (Å²) < 4.78 is 50.7. The van der Waals surface area contributed by atoms with E-state index in [1.807, 2.05) is 160 Å². The maximum absolute atomic E-state index is 12.1. The van der Waals surface area contributed by atoms with Gasteiger partial charge in [-0.15, -0.1) is 0 Å². The highest BCUT2D eigenvalue weighted by molar-refractivity contribution is 5.72. The quantitative estimate of drug-likeness (QED) is 0.0205. The zero-order valence-electron chi connectivity index (χ0n) is 57.4. The van der Waals surface area contributed by atoms with E-state index in [0.717, 1.165) is 89.7 Å². The molecule has 0 aromatic heterocycles. The van der Waals surface area contributed by atoms with Crippen LogP contribution in [0, 0.1) is 0 Å². The van der Waals surface area contributed by atoms with Crippen molar-refractivity contribution in [3.8, 4) is 34.5 Å². The minimum atomic E-state index is -1.02. The maximum Gasteiger partial charge on any atom is 0.306 e. The number of nitrogens with zero attached hydrogens (tertiary/aromatic N) is 3. The first kappa shape index (κ1) is 79.7. The lowest BCUT2D eigenvalue weighted by atomic mass is 10.0. The number of esters is 2. The van der Waals surface area contributed by atoms with Gasteiger partial charge in [0.25, 0.3) is 0 Å². The molecule has 0 bridgehead atoms. The number of likely N-dealkylation sites (N-methyl/N-ethyl adjacent to an activating group) is 3. The highest BCUT2D eigenvalue weighted by Crippen LogP contribution is 2.26. The summed E-state index contributed by atoms with van der Waals surface area (Å²) in [5.74, 6) is 1.32. The Balaban J connectivity index is 0.000000306. The van der Waals surface area contributed by atoms with Gasteiger partial charge in [0.2, 0.25) is 0 Å². The van der Waals surface area contributed by atoms with E-state index in [1.165, 1.54) is 16.7 Å². The average molecular weight is 1330 g/mol. The zero-order chi connectivity index (χ0) is 70.0. The smallest absolute Gasteiger partial charge is 0.306 e. The Morgan fingerprint density at radius 1 is 0.375 bits per heavy atom. The second-order valence-corrected chi connectivity index (χ2v) is 23.8. The molecule has 21 heteroatoms. The maximum atomic E-state index is 12.1. The molecule has 6 aromatic carbocycles. The molecule has 21 nitrogen and oxygen atoms in total. The van der Waals surface area contributed by atoms with Gasteiger partial charge >= 0.3 is 29.8 Å². The Labute approximate surface area is 566 Å². The minimum Gasteiger partial charge on any atom is -0.497 e. The standard InChI is InChI=1S/C25H35NO6.2C25H33NO6/c3*1-26(2)17-22(32-25(29)10-6-9-24(27)28)18-31-23-8-5-4-7-20(23)14-11-19-12-15-21(30-3)16-13-19/h4-5,7-8,12-13,15-16,22,25,29H,6,9-11,14,17-18H2,1-3H3,(H,27,28);2*4-5,7-8,12-13,15-16,22H,6,9-11,14,17-18H2,1-3H3,(H,27,28)/t22-,25?;22-;/m01./s1. The molecule has 0 radical (unpaired) electrons. The van der Waals surface area contributed by atoms with E-state index in [9.17, 15) is 29.1 Å². The lowest BCUT2D eigenvalue weighted by Crippen LogP contribution is -2.36. The van der Waals surface area contributed by atoms with E-state index >= 15 is 0 Å². The van der Waals surface area contributed by atoms with E-state index in [2.05, 4.69) is 42.5 Å². The van der Waals surface area contributed by atoms with Crippen LogP contribution in [0.25, 0.3) is 0 Å². The molecular weight excluding hydrogens is 1230 g/mol. The molecule has 6 rings (SSSR count). The monoisotopic (exact) mass is 1330 g/mol. The molecule has 0 saturated carbocycles. The number of para-hydroxylation sites is 3. The van der Waals surface area contributed by atoms with Crippen LogP contribution in [-0.2, 0) is 76.7 Å². The van der Waals surface area contributed by atoms with Crippen molar-refractivity contribution in [1.82, 2.24) is 14.7 Å². The zero-order valence-corrected chi connectivity index (χ0v) is 57.4. The summed E-state index contributed by atoms with van der Waals surface area (Å²) in [6.07, 6.45) is 4.03. The van der Waals surface area contributed by atoms with Gasteiger partial charge in [-0.3, -0.25) is 24.0 Å². The van der Waals surface area contributed by atoms with Crippen molar-refractivity contribution < 1.29 is 87.0 Å². The summed E-state index contributed by atoms with van der Waals surface area (Å²) in [5.41, 5.74) is 6.91. The van der Waals surface area contributed by atoms with Crippen LogP contribution in [0.1, 0.15) is 91.2 Å². The van der Waals surface area contributed by atoms with Crippen LogP contribution in [0.4, 0.5) is 0 Å². The molecule has 0 heterocycles. The molecule has 0 saturated heterocycles. The molecule has 2 unspecified atom stereocenters. The normalized spacial score (nSPS) is 12.2. The number of ether oxygens (including phenoxy) is 9. The third-order valence-corrected chi connectivity index (χ3v) is 14.8. The van der Waals surface area contributed by atoms with Gasteiger partial charge in [0, 0.05) is 51.7 Å². The fourth-order valence-electron chi connectivity index (χ4n) is 9.90. The fourth-order valence-corrected chi connectivity index (χ4v) is 9.90. The molecule has 0 spiro atoms. The van der Waals surface area contributed by atoms with Crippen LogP contribution in [0.5, 0.6) is 34.5 Å². The molecule has 0 aliphatic heterocycles. The minimum absolute atomic E-state index is 0.0108. The SMILES string of the molecule is COc1ccc(CCc2ccccc2OCC(CN(C)C)OC(=O)CCCC(=O)O)cc1.COc1ccc(CCc2ccccc2OC[C@@H](CN(C)C)OC(=O)CCCC(=O)O)cc1.COc1ccc(CCc2ccccc2OC[C@H](CN(C)C)OC(O)CCCC(=O)O)cc1. The van der Waals surface area contributed by atoms with E-state index < -0.39 is 48.3 Å². The number of aryl methyl sites for hydroxylation is 6. The first-order chi connectivity index (χ1) is 46.1. The summed E-state index contributed by atoms with van der Waals surface area (Å²) in [6, 6.07) is 47.7. The highest BCUT2D eigenvalue weighted by atomic mass is 16.6. The molecule has 0 amide bonds. The average Bonchev–Trinajstić information content (AvgIpc) is 1.44. The fraction of sp³-hybridized carbons (Fsp3) is 0.453. The van der Waals surface area contributed by atoms with Crippen molar-refractivity contribution >= 4 is 29.8 Å². The molecule has 0 aliphatic carbocycles. The van der Waals surface area contributed by atoms with Crippen molar-refractivity contribution in [3.05, 3.63) is 179 Å². The first-order valence-corrected chi connectivity index (χ1v) is 32.4. The second-order valence-electron chi connectivity index (χ2n) is 23.8. The topological polar surface area (TPSA) is 259 Å². The van der Waals surface area contributed by atoms with Gasteiger partial charge in [-0.05, 0) is 194 Å². The van der Waals surface area contributed by atoms with Gasteiger partial charge in [0.15, 0.2) is 6.29 Å². The van der Waals surface area contributed by atoms with Crippen LogP contribution >= 0.6 is 0 Å². The number of hydrogen-bond acceptors (Lipinski definition) is 18. The number of hydrogen-bond donors (Lipinski definition) is 4. The van der Waals surface area contributed by atoms with Gasteiger partial charge in [-0.25, -0.2) is 0 Å². The predicted octanol–water partition coefficient (Wildman–Crippen LogP) is 10.6. The number of aliphatic hydroxyl groups is 1. The number of benzene rings is 6. The molecule has 96 heavy (non-hydrogen) atoms. The van der Waals surface area contributed by atoms with Crippen LogP contribution in [0.2, 0.25) is 0 Å². The number of methoxy groups -OCH3 is 3. The Kier molecular flexibility index (Phi) is 37.9. The summed E-state index contributed by atoms with van der Waals surface area (Å²) in [6.45, 7) is 2.33. The van der Waals surface area contributed by atoms with Crippen LogP contribution in [-0.4, -0.2) is 193 Å². The summed E-state index contributed by atoms with van der Waals surface area (Å²) in [5, 5.41) is 36.3. The highest BCUT2D eigenvalue weighted by Gasteiger charge is 2.21. The Hall–Kier alpha value is -8.73. The van der Waals surface area contributed by atoms with E-state index in [1.54, 1.807) is 21.3 Å². The summed E-state index contributed by atoms with van der Waals surface area (Å²) >= 11 is 0. The number of carboxylic acid groups (broad SMARTS) is 3. The van der Waals surface area contributed by atoms with Gasteiger partial charge < -0.3 is 77.8 Å². The molecule has 4 N–H and O–H groups in total. The molecule has 0 aliphatic rings. The van der Waals surface area contributed by atoms with E-state index in [4.69, 9.17) is 58.0 Å². The van der Waals surface area contributed by atoms with Crippen molar-refractivity contribution in [2.45, 2.75) is 121 Å². The van der Waals surface area contributed by atoms with Gasteiger partial charge in [0.1, 0.15) is 72.6 Å². The summed E-state index contributed by atoms with van der Waals surface area (Å²) in [4.78, 5) is 61.9. The lowest BCUT2D eigenvalue weighted by molar-refractivity contribution is -0.153. The number of aliphatic carboxylic acids is 3. The largest absolute Gasteiger partial charge is 0.497 e. The summed E-state index contributed by atoms with van der Waals surface area (Å²) in [7, 11) is 16.4. The van der Waals surface area contributed by atoms with Gasteiger partial charge in [0.05, 0.1) is 21.3 Å².